The minimum Gasteiger partial charge on any atom is -0.0901 e. The van der Waals surface area contributed by atoms with Crippen molar-refractivity contribution < 1.29 is 0 Å². The molecule has 1 aliphatic rings. The Morgan fingerprint density at radius 2 is 0.906 bits per heavy atom. The first-order valence-corrected chi connectivity index (χ1v) is 11.7. The molecule has 0 saturated carbocycles. The van der Waals surface area contributed by atoms with Crippen LogP contribution in [0.15, 0.2) is 143 Å². The summed E-state index contributed by atoms with van der Waals surface area (Å²) in [5, 5.41) is 0. The van der Waals surface area contributed by atoms with Crippen molar-refractivity contribution in [2.45, 2.75) is 16.2 Å². The topological polar surface area (TPSA) is 0 Å². The number of benzene rings is 5. The third kappa shape index (κ3) is 4.54. The lowest BCUT2D eigenvalue weighted by Crippen LogP contribution is -1.87. The van der Waals surface area contributed by atoms with Gasteiger partial charge < -0.3 is 0 Å². The van der Waals surface area contributed by atoms with Crippen molar-refractivity contribution >= 4 is 11.8 Å². The van der Waals surface area contributed by atoms with Gasteiger partial charge in [-0.15, -0.1) is 0 Å². The Labute approximate surface area is 194 Å². The van der Waals surface area contributed by atoms with E-state index in [1.54, 1.807) is 11.8 Å². The average molecular weight is 429 g/mol. The van der Waals surface area contributed by atoms with Crippen LogP contribution in [0.25, 0.3) is 22.3 Å². The van der Waals surface area contributed by atoms with Gasteiger partial charge in [0, 0.05) is 9.79 Å². The second-order valence-corrected chi connectivity index (χ2v) is 8.91. The van der Waals surface area contributed by atoms with Crippen molar-refractivity contribution in [3.63, 3.8) is 0 Å². The highest BCUT2D eigenvalue weighted by Crippen LogP contribution is 2.41. The van der Waals surface area contributed by atoms with Gasteiger partial charge in [0.1, 0.15) is 0 Å². The molecule has 0 spiro atoms. The molecule has 0 N–H and O–H groups in total. The first kappa shape index (κ1) is 20.4. The van der Waals surface area contributed by atoms with E-state index >= 15 is 0 Å². The van der Waals surface area contributed by atoms with Gasteiger partial charge in [-0.3, -0.25) is 0 Å². The van der Waals surface area contributed by atoms with Crippen molar-refractivity contribution in [2.24, 2.45) is 0 Å². The molecule has 0 bridgehead atoms. The van der Waals surface area contributed by atoms with Crippen LogP contribution in [0.5, 0.6) is 0 Å². The molecule has 0 radical (unpaired) electrons. The molecule has 0 nitrogen and oxygen atoms in total. The second-order valence-electron chi connectivity index (χ2n) is 7.76. The van der Waals surface area contributed by atoms with Gasteiger partial charge in [0.25, 0.3) is 0 Å². The molecule has 0 amide bonds. The van der Waals surface area contributed by atoms with Crippen molar-refractivity contribution in [1.29, 1.82) is 0 Å². The molecule has 0 aromatic heterocycles. The maximum absolute atomic E-state index is 2.24. The Kier molecular flexibility index (Phi) is 6.18. The van der Waals surface area contributed by atoms with E-state index in [1.165, 1.54) is 43.2 Å². The predicted octanol–water partition coefficient (Wildman–Crippen LogP) is 8.76. The minimum absolute atomic E-state index is 1.05. The van der Waals surface area contributed by atoms with E-state index in [2.05, 4.69) is 121 Å². The van der Waals surface area contributed by atoms with Crippen LogP contribution in [0.1, 0.15) is 11.1 Å². The van der Waals surface area contributed by atoms with E-state index in [9.17, 15) is 0 Å². The second kappa shape index (κ2) is 9.72. The van der Waals surface area contributed by atoms with E-state index in [4.69, 9.17) is 0 Å². The zero-order valence-corrected chi connectivity index (χ0v) is 18.6. The molecule has 0 fully saturated rings. The third-order valence-corrected chi connectivity index (χ3v) is 6.67. The molecular formula is C31H24S. The molecule has 0 unspecified atom stereocenters. The van der Waals surface area contributed by atoms with Crippen LogP contribution in [-0.2, 0) is 6.42 Å². The summed E-state index contributed by atoms with van der Waals surface area (Å²) in [6, 6.07) is 46.9. The molecule has 0 aliphatic heterocycles. The lowest BCUT2D eigenvalue weighted by atomic mass is 9.96. The average Bonchev–Trinajstić information content (AvgIpc) is 3.25. The summed E-state index contributed by atoms with van der Waals surface area (Å²) in [6.45, 7) is 0. The molecule has 154 valence electrons. The van der Waals surface area contributed by atoms with E-state index in [0.29, 0.717) is 0 Å². The fraction of sp³-hybridized carbons (Fsp3) is 0.0323. The molecule has 0 atom stereocenters. The van der Waals surface area contributed by atoms with Gasteiger partial charge in [0.05, 0.1) is 0 Å². The predicted molar refractivity (Wildman–Crippen MR) is 137 cm³/mol. The lowest BCUT2D eigenvalue weighted by molar-refractivity contribution is 1.26. The third-order valence-electron chi connectivity index (χ3n) is 5.66. The Morgan fingerprint density at radius 1 is 0.406 bits per heavy atom. The summed E-state index contributed by atoms with van der Waals surface area (Å²) < 4.78 is 0. The Hall–Kier alpha value is -3.55. The van der Waals surface area contributed by atoms with Gasteiger partial charge >= 0.3 is 0 Å². The summed E-state index contributed by atoms with van der Waals surface area (Å²) in [7, 11) is 0. The number of rotatable bonds is 3. The van der Waals surface area contributed by atoms with Crippen molar-refractivity contribution in [3.05, 3.63) is 145 Å². The zero-order valence-electron chi connectivity index (χ0n) is 17.8. The van der Waals surface area contributed by atoms with Gasteiger partial charge in [-0.1, -0.05) is 121 Å². The fourth-order valence-corrected chi connectivity index (χ4v) is 5.02. The van der Waals surface area contributed by atoms with Crippen LogP contribution in [0.2, 0.25) is 0 Å². The first-order valence-electron chi connectivity index (χ1n) is 10.9. The van der Waals surface area contributed by atoms with E-state index in [-0.39, 0.29) is 0 Å². The van der Waals surface area contributed by atoms with E-state index in [1.807, 2.05) is 12.1 Å². The van der Waals surface area contributed by atoms with Gasteiger partial charge in [0.15, 0.2) is 0 Å². The summed E-state index contributed by atoms with van der Waals surface area (Å²) in [5.74, 6) is 0. The molecule has 1 aliphatic carbocycles. The first-order chi connectivity index (χ1) is 15.9. The quantitative estimate of drug-likeness (QED) is 0.271. The fourth-order valence-electron chi connectivity index (χ4n) is 4.16. The Morgan fingerprint density at radius 3 is 1.56 bits per heavy atom. The number of fused-ring (bicyclic) bond motifs is 3. The summed E-state index contributed by atoms with van der Waals surface area (Å²) in [5.41, 5.74) is 8.39. The van der Waals surface area contributed by atoms with Gasteiger partial charge in [-0.05, 0) is 64.1 Å². The van der Waals surface area contributed by atoms with Crippen LogP contribution in [-0.4, -0.2) is 0 Å². The van der Waals surface area contributed by atoms with E-state index < -0.39 is 0 Å². The largest absolute Gasteiger partial charge is 0.0901 e. The number of hydrogen-bond acceptors (Lipinski definition) is 1. The smallest absolute Gasteiger partial charge is 0.0122 e. The minimum atomic E-state index is 1.05. The van der Waals surface area contributed by atoms with Gasteiger partial charge in [0.2, 0.25) is 0 Å². The lowest BCUT2D eigenvalue weighted by Gasteiger charge is -2.08. The molecule has 32 heavy (non-hydrogen) atoms. The van der Waals surface area contributed by atoms with Crippen LogP contribution in [0.3, 0.4) is 0 Å². The highest BCUT2D eigenvalue weighted by atomic mass is 32.2. The molecule has 5 aromatic carbocycles. The monoisotopic (exact) mass is 428 g/mol. The van der Waals surface area contributed by atoms with E-state index in [0.717, 1.165) is 6.42 Å². The normalized spacial score (nSPS) is 11.1. The van der Waals surface area contributed by atoms with Crippen LogP contribution in [0.4, 0.5) is 0 Å². The van der Waals surface area contributed by atoms with Crippen molar-refractivity contribution in [3.8, 4) is 22.3 Å². The van der Waals surface area contributed by atoms with Crippen LogP contribution in [0, 0.1) is 0 Å². The molecule has 1 heteroatoms. The zero-order chi connectivity index (χ0) is 21.6. The SMILES string of the molecule is c1ccc(-c2cccc3c2Cc2ccccc2-3)cc1.c1ccc(Sc2ccccc2)cc1. The van der Waals surface area contributed by atoms with Gasteiger partial charge in [-0.25, -0.2) is 0 Å². The Balaban J connectivity index is 0.000000146. The number of hydrogen-bond donors (Lipinski definition) is 0. The van der Waals surface area contributed by atoms with Crippen molar-refractivity contribution in [2.75, 3.05) is 0 Å². The standard InChI is InChI=1S/C19H14.C12H10S/c1-2-7-14(8-3-1)16-11-6-12-18-17-10-5-4-9-15(17)13-19(16)18;1-3-7-11(8-4-1)13-12-9-5-2-6-10-12/h1-12H,13H2;1-10H. The van der Waals surface area contributed by atoms with Crippen LogP contribution >= 0.6 is 11.8 Å². The maximum Gasteiger partial charge on any atom is 0.0122 e. The maximum atomic E-state index is 2.24. The molecule has 6 rings (SSSR count). The Bertz CT molecular complexity index is 1250. The van der Waals surface area contributed by atoms with Gasteiger partial charge in [-0.2, -0.15) is 0 Å². The highest BCUT2D eigenvalue weighted by Gasteiger charge is 2.20. The summed E-state index contributed by atoms with van der Waals surface area (Å²) in [6.07, 6.45) is 1.05. The van der Waals surface area contributed by atoms with Crippen LogP contribution < -0.4 is 0 Å². The molecule has 0 saturated heterocycles. The molecule has 5 aromatic rings. The van der Waals surface area contributed by atoms with Crippen molar-refractivity contribution in [1.82, 2.24) is 0 Å². The molecular weight excluding hydrogens is 404 g/mol. The highest BCUT2D eigenvalue weighted by molar-refractivity contribution is 7.99. The summed E-state index contributed by atoms with van der Waals surface area (Å²) >= 11 is 1.79. The molecule has 0 heterocycles. The summed E-state index contributed by atoms with van der Waals surface area (Å²) in [4.78, 5) is 2.57.